The zero-order valence-electron chi connectivity index (χ0n) is 19.8. The van der Waals surface area contributed by atoms with E-state index in [1.807, 2.05) is 78.7 Å². The number of aromatic nitrogens is 1. The Hall–Kier alpha value is -3.90. The molecule has 1 aliphatic rings. The minimum absolute atomic E-state index is 0.250. The number of anilines is 1. The molecule has 1 aromatic heterocycles. The molecule has 0 radical (unpaired) electrons. The predicted molar refractivity (Wildman–Crippen MR) is 138 cm³/mol. The number of carbonyl (C=O) groups excluding carboxylic acids is 1. The van der Waals surface area contributed by atoms with E-state index in [1.54, 1.807) is 14.2 Å². The Bertz CT molecular complexity index is 1400. The van der Waals surface area contributed by atoms with Crippen LogP contribution in [-0.4, -0.2) is 29.7 Å². The molecule has 0 aliphatic carbocycles. The zero-order valence-corrected chi connectivity index (χ0v) is 20.5. The van der Waals surface area contributed by atoms with Crippen molar-refractivity contribution < 1.29 is 14.3 Å². The number of hydrogen-bond acceptors (Lipinski definition) is 3. The minimum Gasteiger partial charge on any atom is -0.493 e. The lowest BCUT2D eigenvalue weighted by molar-refractivity contribution is 0.194. The molecule has 3 aromatic carbocycles. The summed E-state index contributed by atoms with van der Waals surface area (Å²) in [7, 11) is 3.22. The zero-order chi connectivity index (χ0) is 24.5. The normalized spacial score (nSPS) is 14.5. The number of methoxy groups -OCH3 is 2. The molecular formula is C28H26ClN3O3. The predicted octanol–water partition coefficient (Wildman–Crippen LogP) is 6.59. The van der Waals surface area contributed by atoms with E-state index in [4.69, 9.17) is 21.1 Å². The maximum atomic E-state index is 13.9. The van der Waals surface area contributed by atoms with Gasteiger partial charge in [-0.05, 0) is 66.1 Å². The Morgan fingerprint density at radius 2 is 1.77 bits per heavy atom. The summed E-state index contributed by atoms with van der Waals surface area (Å²) < 4.78 is 13.2. The Morgan fingerprint density at radius 1 is 0.971 bits per heavy atom. The van der Waals surface area contributed by atoms with E-state index in [9.17, 15) is 4.79 Å². The number of benzene rings is 3. The van der Waals surface area contributed by atoms with Gasteiger partial charge in [0.15, 0.2) is 11.5 Å². The van der Waals surface area contributed by atoms with Gasteiger partial charge in [0.1, 0.15) is 0 Å². The summed E-state index contributed by atoms with van der Waals surface area (Å²) in [5, 5.41) is 3.53. The summed E-state index contributed by atoms with van der Waals surface area (Å²) in [5.41, 5.74) is 5.55. The molecule has 1 atom stereocenters. The molecule has 0 saturated heterocycles. The molecule has 1 unspecified atom stereocenters. The van der Waals surface area contributed by atoms with Gasteiger partial charge in [-0.15, -0.1) is 0 Å². The number of para-hydroxylation sites is 1. The van der Waals surface area contributed by atoms with Crippen molar-refractivity contribution in [2.75, 3.05) is 19.5 Å². The quantitative estimate of drug-likeness (QED) is 0.353. The van der Waals surface area contributed by atoms with Crippen LogP contribution in [0.4, 0.5) is 10.5 Å². The second kappa shape index (κ2) is 9.39. The smallest absolute Gasteiger partial charge is 0.323 e. The molecule has 0 saturated carbocycles. The molecule has 2 heterocycles. The highest BCUT2D eigenvalue weighted by atomic mass is 35.5. The Balaban J connectivity index is 1.65. The van der Waals surface area contributed by atoms with Crippen molar-refractivity contribution in [3.05, 3.63) is 106 Å². The van der Waals surface area contributed by atoms with Crippen LogP contribution in [0.3, 0.4) is 0 Å². The number of hydrogen-bond donors (Lipinski definition) is 1. The van der Waals surface area contributed by atoms with Crippen molar-refractivity contribution in [1.82, 2.24) is 9.47 Å². The highest BCUT2D eigenvalue weighted by Crippen LogP contribution is 2.40. The third-order valence-electron chi connectivity index (χ3n) is 6.31. The molecule has 2 amide bonds. The van der Waals surface area contributed by atoms with Gasteiger partial charge in [0.05, 0.1) is 43.2 Å². The first-order valence-corrected chi connectivity index (χ1v) is 11.7. The van der Waals surface area contributed by atoms with Crippen molar-refractivity contribution in [1.29, 1.82) is 0 Å². The van der Waals surface area contributed by atoms with Gasteiger partial charge in [0.2, 0.25) is 0 Å². The fourth-order valence-corrected chi connectivity index (χ4v) is 4.90. The second-order valence-electron chi connectivity index (χ2n) is 8.49. The topological polar surface area (TPSA) is 55.7 Å². The van der Waals surface area contributed by atoms with Crippen LogP contribution in [0.25, 0.3) is 5.69 Å². The largest absolute Gasteiger partial charge is 0.493 e. The summed E-state index contributed by atoms with van der Waals surface area (Å²) in [6.45, 7) is 2.37. The lowest BCUT2D eigenvalue weighted by Gasteiger charge is -2.31. The van der Waals surface area contributed by atoms with E-state index < -0.39 is 0 Å². The molecule has 7 heteroatoms. The molecule has 0 spiro atoms. The Kier molecular flexibility index (Phi) is 6.14. The highest BCUT2D eigenvalue weighted by molar-refractivity contribution is 6.33. The monoisotopic (exact) mass is 487 g/mol. The minimum atomic E-state index is -0.388. The van der Waals surface area contributed by atoms with Crippen LogP contribution in [0.2, 0.25) is 5.02 Å². The number of aryl methyl sites for hydroxylation is 1. The highest BCUT2D eigenvalue weighted by Gasteiger charge is 2.33. The number of nitrogens with one attached hydrogen (secondary N) is 1. The van der Waals surface area contributed by atoms with Crippen LogP contribution >= 0.6 is 11.6 Å². The summed E-state index contributed by atoms with van der Waals surface area (Å²) in [4.78, 5) is 15.7. The van der Waals surface area contributed by atoms with Crippen molar-refractivity contribution in [3.8, 4) is 17.2 Å². The summed E-state index contributed by atoms with van der Waals surface area (Å²) in [6, 6.07) is 22.9. The fraction of sp³-hybridized carbons (Fsp3) is 0.179. The third-order valence-corrected chi connectivity index (χ3v) is 6.63. The molecule has 1 aliphatic heterocycles. The van der Waals surface area contributed by atoms with Gasteiger partial charge in [0, 0.05) is 11.9 Å². The average Bonchev–Trinajstić information content (AvgIpc) is 3.29. The molecular weight excluding hydrogens is 462 g/mol. The summed E-state index contributed by atoms with van der Waals surface area (Å²) in [5.74, 6) is 1.23. The van der Waals surface area contributed by atoms with Gasteiger partial charge in [-0.3, -0.25) is 0 Å². The number of urea groups is 1. The van der Waals surface area contributed by atoms with E-state index in [0.29, 0.717) is 28.8 Å². The maximum Gasteiger partial charge on any atom is 0.323 e. The molecule has 0 bridgehead atoms. The number of amides is 2. The number of nitrogens with zero attached hydrogens (tertiary/aromatic N) is 2. The van der Waals surface area contributed by atoms with Crippen molar-refractivity contribution in [2.24, 2.45) is 0 Å². The van der Waals surface area contributed by atoms with E-state index in [0.717, 1.165) is 28.1 Å². The van der Waals surface area contributed by atoms with Gasteiger partial charge in [-0.25, -0.2) is 4.79 Å². The second-order valence-corrected chi connectivity index (χ2v) is 8.90. The van der Waals surface area contributed by atoms with Gasteiger partial charge in [0.25, 0.3) is 0 Å². The summed E-state index contributed by atoms with van der Waals surface area (Å²) in [6.07, 6.45) is 2.03. The number of fused-ring (bicyclic) bond motifs is 3. The van der Waals surface area contributed by atoms with Crippen molar-refractivity contribution in [3.63, 3.8) is 0 Å². The Labute approximate surface area is 209 Å². The standard InChI is InChI=1S/C28H26ClN3O3/c1-18-10-12-22(21(29)15-18)30-28(33)32-17-20-7-4-5-8-23(20)31-14-6-9-24(31)27(32)19-11-13-25(34-2)26(16-19)35-3/h4-16,27H,17H2,1-3H3,(H,30,33). The molecule has 0 fully saturated rings. The van der Waals surface area contributed by atoms with Crippen LogP contribution in [0.15, 0.2) is 79.0 Å². The molecule has 1 N–H and O–H groups in total. The lowest BCUT2D eigenvalue weighted by Crippen LogP contribution is -2.38. The van der Waals surface area contributed by atoms with Crippen LogP contribution in [0.5, 0.6) is 11.5 Å². The van der Waals surface area contributed by atoms with E-state index in [2.05, 4.69) is 22.0 Å². The van der Waals surface area contributed by atoms with E-state index in [1.165, 1.54) is 0 Å². The average molecular weight is 488 g/mol. The molecule has 5 rings (SSSR count). The SMILES string of the molecule is COc1ccc(C2c3cccn3-c3ccccc3CN2C(=O)Nc2ccc(C)cc2Cl)cc1OC. The molecule has 35 heavy (non-hydrogen) atoms. The molecule has 4 aromatic rings. The maximum absolute atomic E-state index is 13.9. The third kappa shape index (κ3) is 4.21. The van der Waals surface area contributed by atoms with E-state index in [-0.39, 0.29) is 12.1 Å². The first-order chi connectivity index (χ1) is 17.0. The first-order valence-electron chi connectivity index (χ1n) is 11.3. The van der Waals surface area contributed by atoms with Gasteiger partial charge in [-0.1, -0.05) is 41.9 Å². The van der Waals surface area contributed by atoms with Crippen LogP contribution in [0.1, 0.15) is 28.4 Å². The molecule has 6 nitrogen and oxygen atoms in total. The number of rotatable bonds is 4. The Morgan fingerprint density at radius 3 is 2.54 bits per heavy atom. The van der Waals surface area contributed by atoms with Crippen molar-refractivity contribution >= 4 is 23.3 Å². The van der Waals surface area contributed by atoms with Crippen LogP contribution < -0.4 is 14.8 Å². The molecule has 178 valence electrons. The number of carbonyl (C=O) groups is 1. The number of halogens is 1. The van der Waals surface area contributed by atoms with E-state index >= 15 is 0 Å². The summed E-state index contributed by atoms with van der Waals surface area (Å²) >= 11 is 6.45. The lowest BCUT2D eigenvalue weighted by atomic mass is 10.0. The van der Waals surface area contributed by atoms with Crippen LogP contribution in [-0.2, 0) is 6.54 Å². The first kappa shape index (κ1) is 22.9. The van der Waals surface area contributed by atoms with Gasteiger partial charge >= 0.3 is 6.03 Å². The van der Waals surface area contributed by atoms with Crippen LogP contribution in [0, 0.1) is 6.92 Å². The van der Waals surface area contributed by atoms with Gasteiger partial charge in [-0.2, -0.15) is 0 Å². The number of ether oxygens (including phenoxy) is 2. The van der Waals surface area contributed by atoms with Gasteiger partial charge < -0.3 is 24.3 Å². The van der Waals surface area contributed by atoms with Crippen molar-refractivity contribution in [2.45, 2.75) is 19.5 Å². The fourth-order valence-electron chi connectivity index (χ4n) is 4.62.